The largest absolute Gasteiger partial charge is 0.350 e. The fourth-order valence-electron chi connectivity index (χ4n) is 2.45. The molecule has 16 heavy (non-hydrogen) atoms. The van der Waals surface area contributed by atoms with Gasteiger partial charge >= 0.3 is 0 Å². The molecule has 0 saturated carbocycles. The Bertz CT molecular complexity index is 210. The molecule has 94 valence electrons. The number of piperidine rings is 1. The number of carbonyl (C=O) groups is 1. The molecule has 1 heterocycles. The maximum atomic E-state index is 12.1. The molecule has 0 spiro atoms. The monoisotopic (exact) mass is 226 g/mol. The van der Waals surface area contributed by atoms with E-state index in [4.69, 9.17) is 0 Å². The molecule has 0 bridgehead atoms. The average molecular weight is 226 g/mol. The number of amides is 1. The van der Waals surface area contributed by atoms with Gasteiger partial charge < -0.3 is 10.6 Å². The normalized spacial score (nSPS) is 21.8. The minimum atomic E-state index is 0.0224. The number of rotatable bonds is 5. The molecule has 1 rings (SSSR count). The van der Waals surface area contributed by atoms with Crippen LogP contribution in [0.15, 0.2) is 0 Å². The third-order valence-corrected chi connectivity index (χ3v) is 4.09. The summed E-state index contributed by atoms with van der Waals surface area (Å²) in [4.78, 5) is 12.1. The zero-order valence-electron chi connectivity index (χ0n) is 10.9. The van der Waals surface area contributed by atoms with Crippen molar-refractivity contribution in [2.75, 3.05) is 13.1 Å². The number of hydrogen-bond acceptors (Lipinski definition) is 2. The van der Waals surface area contributed by atoms with Gasteiger partial charge in [-0.2, -0.15) is 0 Å². The maximum absolute atomic E-state index is 12.1. The van der Waals surface area contributed by atoms with Crippen LogP contribution in [-0.2, 0) is 4.79 Å². The van der Waals surface area contributed by atoms with E-state index in [1.807, 2.05) is 0 Å². The Morgan fingerprint density at radius 1 is 1.31 bits per heavy atom. The molecule has 1 saturated heterocycles. The quantitative estimate of drug-likeness (QED) is 0.753. The Morgan fingerprint density at radius 3 is 2.38 bits per heavy atom. The first-order valence-electron chi connectivity index (χ1n) is 6.70. The Balaban J connectivity index is 2.53. The highest BCUT2D eigenvalue weighted by atomic mass is 16.2. The summed E-state index contributed by atoms with van der Waals surface area (Å²) in [6.45, 7) is 8.38. The van der Waals surface area contributed by atoms with Crippen LogP contribution in [0.3, 0.4) is 0 Å². The van der Waals surface area contributed by atoms with Gasteiger partial charge in [0.1, 0.15) is 0 Å². The van der Waals surface area contributed by atoms with Crippen LogP contribution in [0.4, 0.5) is 0 Å². The summed E-state index contributed by atoms with van der Waals surface area (Å²) in [5.41, 5.74) is 0.0224. The van der Waals surface area contributed by atoms with E-state index in [1.54, 1.807) is 0 Å². The minimum absolute atomic E-state index is 0.0224. The van der Waals surface area contributed by atoms with Crippen LogP contribution in [-0.4, -0.2) is 24.5 Å². The standard InChI is InChI=1S/C13H26N2O/c1-4-13(5-2,6-3)15-12(16)11-8-7-9-14-10-11/h11,14H,4-10H2,1-3H3,(H,15,16)/t11-/m1/s1. The summed E-state index contributed by atoms with van der Waals surface area (Å²) in [5, 5.41) is 6.57. The predicted octanol–water partition coefficient (Wildman–Crippen LogP) is 2.07. The van der Waals surface area contributed by atoms with Gasteiger partial charge in [0.05, 0.1) is 5.92 Å². The Kier molecular flexibility index (Phi) is 5.26. The van der Waals surface area contributed by atoms with Crippen LogP contribution in [0.1, 0.15) is 52.9 Å². The van der Waals surface area contributed by atoms with Crippen molar-refractivity contribution < 1.29 is 4.79 Å². The van der Waals surface area contributed by atoms with Crippen molar-refractivity contribution in [2.24, 2.45) is 5.92 Å². The van der Waals surface area contributed by atoms with Crippen LogP contribution in [0.2, 0.25) is 0 Å². The molecule has 2 N–H and O–H groups in total. The van der Waals surface area contributed by atoms with Crippen molar-refractivity contribution in [1.29, 1.82) is 0 Å². The molecule has 1 atom stereocenters. The first kappa shape index (κ1) is 13.5. The molecule has 0 radical (unpaired) electrons. The highest BCUT2D eigenvalue weighted by Crippen LogP contribution is 2.21. The van der Waals surface area contributed by atoms with E-state index in [1.165, 1.54) is 0 Å². The van der Waals surface area contributed by atoms with Gasteiger partial charge in [-0.3, -0.25) is 4.79 Å². The van der Waals surface area contributed by atoms with E-state index >= 15 is 0 Å². The third-order valence-electron chi connectivity index (χ3n) is 4.09. The SMILES string of the molecule is CCC(CC)(CC)NC(=O)[C@@H]1CCCNC1. The molecular weight excluding hydrogens is 200 g/mol. The molecule has 0 aliphatic carbocycles. The summed E-state index contributed by atoms with van der Waals surface area (Å²) in [6, 6.07) is 0. The molecule has 3 nitrogen and oxygen atoms in total. The maximum Gasteiger partial charge on any atom is 0.224 e. The van der Waals surface area contributed by atoms with Crippen molar-refractivity contribution in [3.05, 3.63) is 0 Å². The lowest BCUT2D eigenvalue weighted by Crippen LogP contribution is -2.51. The highest BCUT2D eigenvalue weighted by molar-refractivity contribution is 5.79. The van der Waals surface area contributed by atoms with Crippen molar-refractivity contribution in [3.8, 4) is 0 Å². The predicted molar refractivity (Wildman–Crippen MR) is 67.3 cm³/mol. The lowest BCUT2D eigenvalue weighted by Gasteiger charge is -2.34. The molecule has 1 aliphatic rings. The Labute approximate surface area is 99.4 Å². The van der Waals surface area contributed by atoms with E-state index in [9.17, 15) is 4.79 Å². The van der Waals surface area contributed by atoms with Gasteiger partial charge in [0.25, 0.3) is 0 Å². The number of hydrogen-bond donors (Lipinski definition) is 2. The van der Waals surface area contributed by atoms with Gasteiger partial charge in [0.2, 0.25) is 5.91 Å². The smallest absolute Gasteiger partial charge is 0.224 e. The Hall–Kier alpha value is -0.570. The summed E-state index contributed by atoms with van der Waals surface area (Å²) >= 11 is 0. The second kappa shape index (κ2) is 6.24. The summed E-state index contributed by atoms with van der Waals surface area (Å²) in [5.74, 6) is 0.426. The van der Waals surface area contributed by atoms with Crippen molar-refractivity contribution >= 4 is 5.91 Å². The van der Waals surface area contributed by atoms with Gasteiger partial charge in [-0.25, -0.2) is 0 Å². The van der Waals surface area contributed by atoms with E-state index in [-0.39, 0.29) is 17.4 Å². The molecule has 1 aliphatic heterocycles. The van der Waals surface area contributed by atoms with E-state index in [0.717, 1.165) is 45.2 Å². The topological polar surface area (TPSA) is 41.1 Å². The summed E-state index contributed by atoms with van der Waals surface area (Å²) in [6.07, 6.45) is 5.21. The van der Waals surface area contributed by atoms with Gasteiger partial charge in [-0.15, -0.1) is 0 Å². The molecular formula is C13H26N2O. The van der Waals surface area contributed by atoms with Crippen LogP contribution < -0.4 is 10.6 Å². The molecule has 0 aromatic rings. The zero-order chi connectivity index (χ0) is 12.0. The fraction of sp³-hybridized carbons (Fsp3) is 0.923. The van der Waals surface area contributed by atoms with Crippen LogP contribution >= 0.6 is 0 Å². The number of nitrogens with one attached hydrogen (secondary N) is 2. The highest BCUT2D eigenvalue weighted by Gasteiger charge is 2.29. The molecule has 0 aromatic carbocycles. The number of carbonyl (C=O) groups excluding carboxylic acids is 1. The third kappa shape index (κ3) is 3.21. The van der Waals surface area contributed by atoms with E-state index in [0.29, 0.717) is 0 Å². The second-order valence-corrected chi connectivity index (χ2v) is 4.87. The first-order chi connectivity index (χ1) is 7.67. The molecule has 1 fully saturated rings. The van der Waals surface area contributed by atoms with Gasteiger partial charge in [0, 0.05) is 12.1 Å². The molecule has 1 amide bonds. The van der Waals surface area contributed by atoms with Crippen LogP contribution in [0.25, 0.3) is 0 Å². The van der Waals surface area contributed by atoms with Gasteiger partial charge in [-0.05, 0) is 38.6 Å². The second-order valence-electron chi connectivity index (χ2n) is 4.87. The molecule has 0 unspecified atom stereocenters. The van der Waals surface area contributed by atoms with Crippen molar-refractivity contribution in [2.45, 2.75) is 58.4 Å². The minimum Gasteiger partial charge on any atom is -0.350 e. The fourth-order valence-corrected chi connectivity index (χ4v) is 2.45. The Morgan fingerprint density at radius 2 is 1.94 bits per heavy atom. The summed E-state index contributed by atoms with van der Waals surface area (Å²) < 4.78 is 0. The molecule has 3 heteroatoms. The lowest BCUT2D eigenvalue weighted by molar-refractivity contribution is -0.127. The van der Waals surface area contributed by atoms with Gasteiger partial charge in [0.15, 0.2) is 0 Å². The summed E-state index contributed by atoms with van der Waals surface area (Å²) in [7, 11) is 0. The van der Waals surface area contributed by atoms with Crippen molar-refractivity contribution in [1.82, 2.24) is 10.6 Å². The van der Waals surface area contributed by atoms with E-state index < -0.39 is 0 Å². The van der Waals surface area contributed by atoms with E-state index in [2.05, 4.69) is 31.4 Å². The molecule has 0 aromatic heterocycles. The first-order valence-corrected chi connectivity index (χ1v) is 6.70. The lowest BCUT2D eigenvalue weighted by atomic mass is 9.88. The van der Waals surface area contributed by atoms with Gasteiger partial charge in [-0.1, -0.05) is 20.8 Å². The van der Waals surface area contributed by atoms with Crippen molar-refractivity contribution in [3.63, 3.8) is 0 Å². The van der Waals surface area contributed by atoms with Crippen LogP contribution in [0, 0.1) is 5.92 Å². The zero-order valence-corrected chi connectivity index (χ0v) is 10.9. The average Bonchev–Trinajstić information content (AvgIpc) is 2.37. The van der Waals surface area contributed by atoms with Crippen LogP contribution in [0.5, 0.6) is 0 Å².